The fraction of sp³-hybridized carbons (Fsp3) is 0.850. The maximum Gasteiger partial charge on any atom is 0.411 e. The van der Waals surface area contributed by atoms with Crippen LogP contribution in [0.25, 0.3) is 0 Å². The summed E-state index contributed by atoms with van der Waals surface area (Å²) in [4.78, 5) is 39.3. The monoisotopic (exact) mass is 369 g/mol. The Labute approximate surface area is 157 Å². The maximum absolute atomic E-state index is 12.8. The Morgan fingerprint density at radius 1 is 0.846 bits per heavy atom. The van der Waals surface area contributed by atoms with Crippen molar-refractivity contribution < 1.29 is 23.9 Å². The second-order valence-corrected chi connectivity index (χ2v) is 10.0. The van der Waals surface area contributed by atoms with Gasteiger partial charge in [0.15, 0.2) is 0 Å². The van der Waals surface area contributed by atoms with E-state index in [0.29, 0.717) is 12.8 Å². The number of carbonyl (C=O) groups is 3. The molecular weight excluding hydrogens is 334 g/mol. The van der Waals surface area contributed by atoms with Crippen molar-refractivity contribution in [1.82, 2.24) is 4.90 Å². The Morgan fingerprint density at radius 3 is 1.77 bits per heavy atom. The predicted molar refractivity (Wildman–Crippen MR) is 99.8 cm³/mol. The molecule has 0 spiro atoms. The second kappa shape index (κ2) is 7.57. The minimum Gasteiger partial charge on any atom is -0.458 e. The third-order valence-corrected chi connectivity index (χ3v) is 4.04. The molecule has 0 radical (unpaired) electrons. The first-order valence-corrected chi connectivity index (χ1v) is 9.29. The molecule has 1 amide bonds. The van der Waals surface area contributed by atoms with Crippen molar-refractivity contribution in [3.8, 4) is 0 Å². The summed E-state index contributed by atoms with van der Waals surface area (Å²) in [6.45, 7) is 16.3. The maximum atomic E-state index is 12.8. The summed E-state index contributed by atoms with van der Waals surface area (Å²) < 4.78 is 11.0. The molecule has 1 unspecified atom stereocenters. The number of Topliss-reactive ketones (excluding diaryl/α,β-unsaturated/α-hetero) is 1. The molecule has 0 N–H and O–H groups in total. The summed E-state index contributed by atoms with van der Waals surface area (Å²) in [7, 11) is 0. The van der Waals surface area contributed by atoms with E-state index in [2.05, 4.69) is 0 Å². The zero-order valence-corrected chi connectivity index (χ0v) is 17.8. The molecule has 0 bridgehead atoms. The number of hydrogen-bond donors (Lipinski definition) is 0. The zero-order chi connectivity index (χ0) is 20.5. The summed E-state index contributed by atoms with van der Waals surface area (Å²) in [5, 5.41) is 0. The highest BCUT2D eigenvalue weighted by atomic mass is 16.6. The van der Waals surface area contributed by atoms with Crippen molar-refractivity contribution >= 4 is 17.8 Å². The van der Waals surface area contributed by atoms with E-state index in [1.165, 1.54) is 4.90 Å². The number of ketones is 1. The van der Waals surface area contributed by atoms with Crippen LogP contribution in [0, 0.1) is 5.41 Å². The van der Waals surface area contributed by atoms with Gasteiger partial charge in [-0.3, -0.25) is 9.69 Å². The van der Waals surface area contributed by atoms with Gasteiger partial charge in [0.25, 0.3) is 0 Å². The van der Waals surface area contributed by atoms with Crippen LogP contribution in [0.2, 0.25) is 0 Å². The molecule has 1 fully saturated rings. The molecule has 1 rings (SSSR count). The zero-order valence-electron chi connectivity index (χ0n) is 17.8. The minimum absolute atomic E-state index is 0.0564. The van der Waals surface area contributed by atoms with Crippen LogP contribution in [0.3, 0.4) is 0 Å². The molecular formula is C20H35NO5. The lowest BCUT2D eigenvalue weighted by Gasteiger charge is -2.33. The number of esters is 1. The number of carbonyl (C=O) groups excluding carboxylic acids is 3. The molecule has 6 nitrogen and oxygen atoms in total. The molecule has 0 aliphatic carbocycles. The van der Waals surface area contributed by atoms with Gasteiger partial charge in [0.1, 0.15) is 23.0 Å². The Hall–Kier alpha value is -1.59. The van der Waals surface area contributed by atoms with Crippen molar-refractivity contribution in [1.29, 1.82) is 0 Å². The van der Waals surface area contributed by atoms with Crippen molar-refractivity contribution in [3.63, 3.8) is 0 Å². The first-order valence-electron chi connectivity index (χ1n) is 9.29. The molecule has 0 aromatic heterocycles. The van der Waals surface area contributed by atoms with E-state index in [1.54, 1.807) is 41.5 Å². The third kappa shape index (κ3) is 6.61. The van der Waals surface area contributed by atoms with Gasteiger partial charge < -0.3 is 9.47 Å². The Kier molecular flexibility index (Phi) is 6.54. The predicted octanol–water partition coefficient (Wildman–Crippen LogP) is 4.10. The van der Waals surface area contributed by atoms with Crippen LogP contribution < -0.4 is 0 Å². The van der Waals surface area contributed by atoms with Crippen LogP contribution in [0.5, 0.6) is 0 Å². The quantitative estimate of drug-likeness (QED) is 0.700. The van der Waals surface area contributed by atoms with Crippen LogP contribution in [-0.4, -0.2) is 46.0 Å². The van der Waals surface area contributed by atoms with Gasteiger partial charge in [-0.25, -0.2) is 9.59 Å². The van der Waals surface area contributed by atoms with Crippen molar-refractivity contribution in [3.05, 3.63) is 0 Å². The van der Waals surface area contributed by atoms with Crippen molar-refractivity contribution in [2.45, 2.75) is 105 Å². The number of hydrogen-bond acceptors (Lipinski definition) is 5. The van der Waals surface area contributed by atoms with Gasteiger partial charge in [-0.1, -0.05) is 20.8 Å². The summed E-state index contributed by atoms with van der Waals surface area (Å²) in [5.41, 5.74) is -1.82. The average Bonchev–Trinajstić information content (AvgIpc) is 2.77. The Bertz CT molecular complexity index is 548. The lowest BCUT2D eigenvalue weighted by molar-refractivity contribution is -0.160. The number of rotatable bonds is 3. The molecule has 1 aliphatic heterocycles. The molecule has 26 heavy (non-hydrogen) atoms. The van der Waals surface area contributed by atoms with Gasteiger partial charge in [-0.05, 0) is 54.4 Å². The lowest BCUT2D eigenvalue weighted by atomic mass is 9.86. The van der Waals surface area contributed by atoms with Gasteiger partial charge in [0, 0.05) is 17.9 Å². The molecule has 0 aromatic rings. The molecule has 1 saturated heterocycles. The molecule has 6 heteroatoms. The standard InChI is InChI=1S/C20H35NO5/c1-18(2,3)15(22)12-13-10-11-14(16(23)25-19(4,5)6)21(13)17(24)26-20(7,8)9/h13-14H,10-12H2,1-9H3/t13?,14-/m1/s1. The highest BCUT2D eigenvalue weighted by Crippen LogP contribution is 2.32. The lowest BCUT2D eigenvalue weighted by Crippen LogP contribution is -2.49. The smallest absolute Gasteiger partial charge is 0.411 e. The average molecular weight is 370 g/mol. The van der Waals surface area contributed by atoms with Crippen LogP contribution in [0.1, 0.15) is 81.6 Å². The SMILES string of the molecule is CC(C)(C)OC(=O)[C@H]1CCC(CC(=O)C(C)(C)C)N1C(=O)OC(C)(C)C. The third-order valence-electron chi connectivity index (χ3n) is 4.04. The van der Waals surface area contributed by atoms with Gasteiger partial charge in [0.05, 0.1) is 0 Å². The van der Waals surface area contributed by atoms with E-state index in [9.17, 15) is 14.4 Å². The molecule has 150 valence electrons. The van der Waals surface area contributed by atoms with Gasteiger partial charge >= 0.3 is 12.1 Å². The van der Waals surface area contributed by atoms with Gasteiger partial charge in [0.2, 0.25) is 0 Å². The molecule has 2 atom stereocenters. The van der Waals surface area contributed by atoms with Crippen molar-refractivity contribution in [2.75, 3.05) is 0 Å². The number of likely N-dealkylation sites (tertiary alicyclic amines) is 1. The van der Waals surface area contributed by atoms with Crippen LogP contribution in [0.15, 0.2) is 0 Å². The number of ether oxygens (including phenoxy) is 2. The van der Waals surface area contributed by atoms with Gasteiger partial charge in [-0.15, -0.1) is 0 Å². The van der Waals surface area contributed by atoms with Crippen LogP contribution >= 0.6 is 0 Å². The first kappa shape index (κ1) is 22.5. The first-order chi connectivity index (χ1) is 11.5. The van der Waals surface area contributed by atoms with E-state index in [-0.39, 0.29) is 18.2 Å². The molecule has 0 saturated carbocycles. The minimum atomic E-state index is -0.721. The fourth-order valence-corrected chi connectivity index (χ4v) is 2.80. The summed E-state index contributed by atoms with van der Waals surface area (Å²) in [6, 6.07) is -1.07. The fourth-order valence-electron chi connectivity index (χ4n) is 2.80. The normalized spacial score (nSPS) is 21.5. The summed E-state index contributed by atoms with van der Waals surface area (Å²) in [5.74, 6) is -0.394. The summed E-state index contributed by atoms with van der Waals surface area (Å²) >= 11 is 0. The van der Waals surface area contributed by atoms with E-state index >= 15 is 0 Å². The molecule has 1 aliphatic rings. The van der Waals surface area contributed by atoms with Crippen LogP contribution in [0.4, 0.5) is 4.79 Å². The highest BCUT2D eigenvalue weighted by Gasteiger charge is 2.45. The highest BCUT2D eigenvalue weighted by molar-refractivity contribution is 5.86. The summed E-state index contributed by atoms with van der Waals surface area (Å²) in [6.07, 6.45) is 0.682. The largest absolute Gasteiger partial charge is 0.458 e. The number of nitrogens with zero attached hydrogens (tertiary/aromatic N) is 1. The number of amides is 1. The van der Waals surface area contributed by atoms with Crippen molar-refractivity contribution in [2.24, 2.45) is 5.41 Å². The van der Waals surface area contributed by atoms with E-state index in [0.717, 1.165) is 0 Å². The molecule has 0 aromatic carbocycles. The van der Waals surface area contributed by atoms with E-state index < -0.39 is 34.7 Å². The second-order valence-electron chi connectivity index (χ2n) is 10.0. The topological polar surface area (TPSA) is 72.9 Å². The molecule has 1 heterocycles. The van der Waals surface area contributed by atoms with E-state index in [4.69, 9.17) is 9.47 Å². The van der Waals surface area contributed by atoms with Crippen LogP contribution in [-0.2, 0) is 19.1 Å². The Balaban J connectivity index is 3.06. The van der Waals surface area contributed by atoms with Gasteiger partial charge in [-0.2, -0.15) is 0 Å². The Morgan fingerprint density at radius 2 is 1.35 bits per heavy atom. The van der Waals surface area contributed by atoms with E-state index in [1.807, 2.05) is 20.8 Å².